The lowest BCUT2D eigenvalue weighted by atomic mass is 10.0. The number of carbonyl (C=O) groups excluding carboxylic acids is 1. The van der Waals surface area contributed by atoms with Gasteiger partial charge in [0.1, 0.15) is 5.75 Å². The highest BCUT2D eigenvalue weighted by molar-refractivity contribution is 6.33. The van der Waals surface area contributed by atoms with Gasteiger partial charge in [-0.05, 0) is 24.7 Å². The number of benzene rings is 2. The first-order valence-electron chi connectivity index (χ1n) is 8.71. The molecular formula is C20H28Cl3N3O2. The third-order valence-corrected chi connectivity index (χ3v) is 4.78. The van der Waals surface area contributed by atoms with Crippen LogP contribution in [-0.4, -0.2) is 37.6 Å². The molecule has 156 valence electrons. The lowest BCUT2D eigenvalue weighted by molar-refractivity contribution is 0.0932. The third-order valence-electron chi connectivity index (χ3n) is 4.46. The van der Waals surface area contributed by atoms with Gasteiger partial charge in [0, 0.05) is 12.6 Å². The number of ether oxygens (including phenoxy) is 1. The molecule has 3 N–H and O–H groups in total. The molecule has 0 radical (unpaired) electrons. The minimum absolute atomic E-state index is 0. The number of likely N-dealkylation sites (N-methyl/N-ethyl adjacent to an activating group) is 1. The second kappa shape index (κ2) is 12.7. The van der Waals surface area contributed by atoms with Gasteiger partial charge in [-0.15, -0.1) is 24.8 Å². The molecule has 0 spiro atoms. The van der Waals surface area contributed by atoms with Gasteiger partial charge in [-0.2, -0.15) is 0 Å². The fraction of sp³-hybridized carbons (Fsp3) is 0.350. The maximum absolute atomic E-state index is 12.7. The number of nitrogens with two attached hydrogens (primary N) is 1. The maximum Gasteiger partial charge on any atom is 0.255 e. The molecule has 0 aliphatic carbocycles. The van der Waals surface area contributed by atoms with Crippen molar-refractivity contribution in [3.8, 4) is 5.75 Å². The van der Waals surface area contributed by atoms with Crippen LogP contribution in [0.3, 0.4) is 0 Å². The molecule has 2 aromatic rings. The Bertz CT molecular complexity index is 741. The van der Waals surface area contributed by atoms with Crippen molar-refractivity contribution < 1.29 is 9.53 Å². The number of hydrogen-bond acceptors (Lipinski definition) is 4. The summed E-state index contributed by atoms with van der Waals surface area (Å²) in [5.41, 5.74) is 7.71. The third kappa shape index (κ3) is 6.45. The van der Waals surface area contributed by atoms with Crippen LogP contribution in [0.5, 0.6) is 5.75 Å². The number of anilines is 1. The predicted octanol–water partition coefficient (Wildman–Crippen LogP) is 4.59. The molecule has 0 heterocycles. The standard InChI is InChI=1S/C20H26ClN3O2.2ClH/c1-4-24(5-2)18(14-9-7-6-8-10-14)13-23-20(25)15-11-16(21)17(22)12-19(15)26-3;;/h6-12,18H,4-5,13,22H2,1-3H3,(H,23,25);2*1H. The van der Waals surface area contributed by atoms with E-state index < -0.39 is 0 Å². The highest BCUT2D eigenvalue weighted by atomic mass is 35.5. The Morgan fingerprint density at radius 2 is 1.79 bits per heavy atom. The molecule has 2 rings (SSSR count). The maximum atomic E-state index is 12.7. The number of nitrogens with zero attached hydrogens (tertiary/aromatic N) is 1. The van der Waals surface area contributed by atoms with Crippen LogP contribution >= 0.6 is 36.4 Å². The van der Waals surface area contributed by atoms with E-state index in [1.165, 1.54) is 12.7 Å². The van der Waals surface area contributed by atoms with Crippen molar-refractivity contribution in [1.29, 1.82) is 0 Å². The van der Waals surface area contributed by atoms with Gasteiger partial charge in [-0.3, -0.25) is 9.69 Å². The van der Waals surface area contributed by atoms with Gasteiger partial charge in [0.25, 0.3) is 5.91 Å². The van der Waals surface area contributed by atoms with Crippen LogP contribution in [-0.2, 0) is 0 Å². The van der Waals surface area contributed by atoms with E-state index >= 15 is 0 Å². The SMILES string of the molecule is CCN(CC)C(CNC(=O)c1cc(Cl)c(N)cc1OC)c1ccccc1.Cl.Cl. The monoisotopic (exact) mass is 447 g/mol. The summed E-state index contributed by atoms with van der Waals surface area (Å²) in [6.45, 7) is 6.50. The molecule has 0 bridgehead atoms. The van der Waals surface area contributed by atoms with E-state index in [1.807, 2.05) is 18.2 Å². The molecule has 0 saturated heterocycles. The summed E-state index contributed by atoms with van der Waals surface area (Å²) in [4.78, 5) is 15.0. The van der Waals surface area contributed by atoms with E-state index in [9.17, 15) is 4.79 Å². The molecule has 1 amide bonds. The summed E-state index contributed by atoms with van der Waals surface area (Å²) in [6, 6.07) is 13.4. The predicted molar refractivity (Wildman–Crippen MR) is 121 cm³/mol. The van der Waals surface area contributed by atoms with Crippen LogP contribution in [0.1, 0.15) is 35.8 Å². The lowest BCUT2D eigenvalue weighted by Gasteiger charge is -2.30. The number of nitrogen functional groups attached to an aromatic ring is 1. The normalized spacial score (nSPS) is 11.2. The largest absolute Gasteiger partial charge is 0.496 e. The molecule has 0 aromatic heterocycles. The van der Waals surface area contributed by atoms with Crippen molar-refractivity contribution in [1.82, 2.24) is 10.2 Å². The fourth-order valence-electron chi connectivity index (χ4n) is 3.00. The van der Waals surface area contributed by atoms with Crippen LogP contribution < -0.4 is 15.8 Å². The van der Waals surface area contributed by atoms with Gasteiger partial charge in [0.15, 0.2) is 0 Å². The van der Waals surface area contributed by atoms with E-state index in [2.05, 4.69) is 36.2 Å². The molecule has 0 saturated carbocycles. The minimum atomic E-state index is -0.239. The van der Waals surface area contributed by atoms with Crippen molar-refractivity contribution in [3.05, 3.63) is 58.6 Å². The van der Waals surface area contributed by atoms with Gasteiger partial charge in [-0.1, -0.05) is 55.8 Å². The van der Waals surface area contributed by atoms with Crippen LogP contribution in [0.2, 0.25) is 5.02 Å². The zero-order valence-electron chi connectivity index (χ0n) is 16.3. The summed E-state index contributed by atoms with van der Waals surface area (Å²) in [6.07, 6.45) is 0. The van der Waals surface area contributed by atoms with E-state index in [0.29, 0.717) is 28.6 Å². The Balaban J connectivity index is 0.00000364. The number of halogens is 3. The topological polar surface area (TPSA) is 67.6 Å². The molecule has 5 nitrogen and oxygen atoms in total. The molecule has 2 aromatic carbocycles. The van der Waals surface area contributed by atoms with Crippen LogP contribution in [0.25, 0.3) is 0 Å². The molecule has 28 heavy (non-hydrogen) atoms. The first kappa shape index (κ1) is 26.3. The summed E-state index contributed by atoms with van der Waals surface area (Å²) >= 11 is 6.07. The second-order valence-corrected chi connectivity index (χ2v) is 6.34. The second-order valence-electron chi connectivity index (χ2n) is 5.93. The lowest BCUT2D eigenvalue weighted by Crippen LogP contribution is -2.38. The van der Waals surface area contributed by atoms with Crippen LogP contribution in [0, 0.1) is 0 Å². The Labute approximate surface area is 184 Å². The number of methoxy groups -OCH3 is 1. The molecule has 1 atom stereocenters. The Morgan fingerprint density at radius 1 is 1.18 bits per heavy atom. The molecule has 8 heteroatoms. The van der Waals surface area contributed by atoms with E-state index in [4.69, 9.17) is 22.1 Å². The molecule has 0 fully saturated rings. The highest BCUT2D eigenvalue weighted by Crippen LogP contribution is 2.29. The number of amides is 1. The Kier molecular flexibility index (Phi) is 12.0. The van der Waals surface area contributed by atoms with E-state index in [1.54, 1.807) is 12.1 Å². The Hall–Kier alpha value is -1.66. The van der Waals surface area contributed by atoms with Crippen molar-refractivity contribution in [2.75, 3.05) is 32.5 Å². The first-order chi connectivity index (χ1) is 12.5. The number of nitrogens with one attached hydrogen (secondary N) is 1. The number of hydrogen-bond donors (Lipinski definition) is 2. The van der Waals surface area contributed by atoms with Gasteiger partial charge >= 0.3 is 0 Å². The van der Waals surface area contributed by atoms with Gasteiger partial charge < -0.3 is 15.8 Å². The number of carbonyl (C=O) groups is 1. The fourth-order valence-corrected chi connectivity index (χ4v) is 3.16. The average molecular weight is 449 g/mol. The summed E-state index contributed by atoms with van der Waals surface area (Å²) in [5.74, 6) is 0.167. The summed E-state index contributed by atoms with van der Waals surface area (Å²) in [5, 5.41) is 3.34. The average Bonchev–Trinajstić information content (AvgIpc) is 2.67. The van der Waals surface area contributed by atoms with Crippen LogP contribution in [0.4, 0.5) is 5.69 Å². The summed E-state index contributed by atoms with van der Waals surface area (Å²) in [7, 11) is 1.50. The van der Waals surface area contributed by atoms with Gasteiger partial charge in [-0.25, -0.2) is 0 Å². The van der Waals surface area contributed by atoms with Crippen molar-refractivity contribution in [3.63, 3.8) is 0 Å². The smallest absolute Gasteiger partial charge is 0.255 e. The van der Waals surface area contributed by atoms with Gasteiger partial charge in [0.2, 0.25) is 0 Å². The zero-order valence-corrected chi connectivity index (χ0v) is 18.7. The van der Waals surface area contributed by atoms with E-state index in [0.717, 1.165) is 13.1 Å². The summed E-state index contributed by atoms with van der Waals surface area (Å²) < 4.78 is 5.27. The molecule has 1 unspecified atom stereocenters. The van der Waals surface area contributed by atoms with Crippen molar-refractivity contribution in [2.24, 2.45) is 0 Å². The van der Waals surface area contributed by atoms with E-state index in [-0.39, 0.29) is 36.8 Å². The van der Waals surface area contributed by atoms with Crippen molar-refractivity contribution in [2.45, 2.75) is 19.9 Å². The van der Waals surface area contributed by atoms with Crippen molar-refractivity contribution >= 4 is 48.0 Å². The zero-order chi connectivity index (χ0) is 19.1. The highest BCUT2D eigenvalue weighted by Gasteiger charge is 2.21. The molecular weight excluding hydrogens is 421 g/mol. The first-order valence-corrected chi connectivity index (χ1v) is 9.09. The molecule has 0 aliphatic heterocycles. The van der Waals surface area contributed by atoms with Crippen LogP contribution in [0.15, 0.2) is 42.5 Å². The molecule has 0 aliphatic rings. The Morgan fingerprint density at radius 3 is 2.32 bits per heavy atom. The number of rotatable bonds is 8. The van der Waals surface area contributed by atoms with Gasteiger partial charge in [0.05, 0.1) is 29.4 Å². The quantitative estimate of drug-likeness (QED) is 0.580. The minimum Gasteiger partial charge on any atom is -0.496 e.